The molecular weight excluding hydrogens is 462 g/mol. The van der Waals surface area contributed by atoms with Gasteiger partial charge in [-0.05, 0) is 45.1 Å². The monoisotopic (exact) mass is 503 g/mol. The first-order valence-electron chi connectivity index (χ1n) is 13.8. The van der Waals surface area contributed by atoms with Gasteiger partial charge < -0.3 is 15.1 Å². The predicted octanol–water partition coefficient (Wildman–Crippen LogP) is 2.34. The summed E-state index contributed by atoms with van der Waals surface area (Å²) in [5.41, 5.74) is 0. The number of hydrogen-bond acceptors (Lipinski definition) is 8. The molecule has 0 spiro atoms. The van der Waals surface area contributed by atoms with Gasteiger partial charge in [-0.15, -0.1) is 10.2 Å². The van der Waals surface area contributed by atoms with Gasteiger partial charge >= 0.3 is 0 Å². The molecule has 4 fully saturated rings. The quantitative estimate of drug-likeness (QED) is 0.545. The average molecular weight is 504 g/mol. The van der Waals surface area contributed by atoms with Crippen LogP contribution in [-0.4, -0.2) is 96.8 Å². The molecule has 4 aliphatic rings. The van der Waals surface area contributed by atoms with Gasteiger partial charge in [-0.25, -0.2) is 0 Å². The van der Waals surface area contributed by atoms with Crippen molar-refractivity contribution in [3.8, 4) is 0 Å². The zero-order chi connectivity index (χ0) is 24.0. The predicted molar refractivity (Wildman–Crippen MR) is 139 cm³/mol. The molecule has 10 heteroatoms. The highest BCUT2D eigenvalue weighted by Crippen LogP contribution is 2.32. The van der Waals surface area contributed by atoms with Crippen molar-refractivity contribution >= 4 is 33.4 Å². The average Bonchev–Trinajstić information content (AvgIpc) is 3.56. The molecule has 3 saturated heterocycles. The zero-order valence-electron chi connectivity index (χ0n) is 21.0. The number of aromatic nitrogens is 2. The highest BCUT2D eigenvalue weighted by molar-refractivity contribution is 7.19. The molecule has 9 nitrogen and oxygen atoms in total. The van der Waals surface area contributed by atoms with Crippen LogP contribution in [0.3, 0.4) is 0 Å². The molecule has 0 unspecified atom stereocenters. The summed E-state index contributed by atoms with van der Waals surface area (Å²) in [4.78, 5) is 34.0. The standard InChI is InChI=1S/C25H41N7O2S/c33-22-10-5-14-32(22)25-28-27-24(35-25)31-13-4-7-20(19-31)23(34)26-11-6-12-29-15-17-30(18-16-29)21-8-2-1-3-9-21/h20-21H,1-19H2,(H,26,34)/t20-/m0/s1. The van der Waals surface area contributed by atoms with E-state index in [1.165, 1.54) is 56.5 Å². The first kappa shape index (κ1) is 24.9. The summed E-state index contributed by atoms with van der Waals surface area (Å²) in [6.07, 6.45) is 11.4. The molecule has 194 valence electrons. The minimum atomic E-state index is -0.0106. The van der Waals surface area contributed by atoms with Crippen molar-refractivity contribution in [2.45, 2.75) is 70.3 Å². The van der Waals surface area contributed by atoms with E-state index in [1.54, 1.807) is 4.90 Å². The topological polar surface area (TPSA) is 84.9 Å². The maximum Gasteiger partial charge on any atom is 0.228 e. The molecule has 2 amide bonds. The van der Waals surface area contributed by atoms with Crippen LogP contribution in [0, 0.1) is 5.92 Å². The van der Waals surface area contributed by atoms with Gasteiger partial charge in [0.25, 0.3) is 0 Å². The van der Waals surface area contributed by atoms with E-state index in [4.69, 9.17) is 0 Å². The second-order valence-electron chi connectivity index (χ2n) is 10.6. The van der Waals surface area contributed by atoms with E-state index in [0.29, 0.717) is 18.1 Å². The van der Waals surface area contributed by atoms with Gasteiger partial charge in [0.15, 0.2) is 0 Å². The fourth-order valence-corrected chi connectivity index (χ4v) is 7.04. The van der Waals surface area contributed by atoms with E-state index in [0.717, 1.165) is 76.1 Å². The van der Waals surface area contributed by atoms with Crippen molar-refractivity contribution in [2.24, 2.45) is 5.92 Å². The Balaban J connectivity index is 1.00. The lowest BCUT2D eigenvalue weighted by atomic mass is 9.94. The fraction of sp³-hybridized carbons (Fsp3) is 0.840. The van der Waals surface area contributed by atoms with E-state index >= 15 is 0 Å². The van der Waals surface area contributed by atoms with Crippen molar-refractivity contribution in [1.82, 2.24) is 25.3 Å². The van der Waals surface area contributed by atoms with Crippen LogP contribution in [-0.2, 0) is 9.59 Å². The molecule has 0 bridgehead atoms. The molecule has 0 radical (unpaired) electrons. The number of piperazine rings is 1. The molecule has 1 saturated carbocycles. The number of carbonyl (C=O) groups is 2. The first-order chi connectivity index (χ1) is 17.2. The molecule has 35 heavy (non-hydrogen) atoms. The highest BCUT2D eigenvalue weighted by Gasteiger charge is 2.30. The maximum absolute atomic E-state index is 12.9. The Morgan fingerprint density at radius 2 is 1.71 bits per heavy atom. The van der Waals surface area contributed by atoms with Crippen molar-refractivity contribution < 1.29 is 9.59 Å². The van der Waals surface area contributed by atoms with Gasteiger partial charge in [0.1, 0.15) is 0 Å². The van der Waals surface area contributed by atoms with Gasteiger partial charge in [-0.1, -0.05) is 30.6 Å². The lowest BCUT2D eigenvalue weighted by Gasteiger charge is -2.40. The lowest BCUT2D eigenvalue weighted by Crippen LogP contribution is -2.51. The molecule has 1 aliphatic carbocycles. The summed E-state index contributed by atoms with van der Waals surface area (Å²) >= 11 is 1.47. The number of piperidine rings is 1. The first-order valence-corrected chi connectivity index (χ1v) is 14.6. The molecule has 1 atom stereocenters. The van der Waals surface area contributed by atoms with Crippen LogP contribution in [0.15, 0.2) is 0 Å². The second-order valence-corrected chi connectivity index (χ2v) is 11.5. The second kappa shape index (κ2) is 12.0. The third-order valence-corrected chi connectivity index (χ3v) is 9.23. The van der Waals surface area contributed by atoms with Gasteiger partial charge in [0, 0.05) is 64.8 Å². The molecule has 5 rings (SSSR count). The van der Waals surface area contributed by atoms with Crippen molar-refractivity contribution in [3.05, 3.63) is 0 Å². The summed E-state index contributed by atoms with van der Waals surface area (Å²) in [6, 6.07) is 0.828. The van der Waals surface area contributed by atoms with Crippen LogP contribution in [0.2, 0.25) is 0 Å². The molecule has 1 N–H and O–H groups in total. The number of carbonyl (C=O) groups excluding carboxylic acids is 2. The Labute approximate surface area is 213 Å². The van der Waals surface area contributed by atoms with Crippen molar-refractivity contribution in [2.75, 3.05) is 68.7 Å². The van der Waals surface area contributed by atoms with E-state index in [2.05, 4.69) is 30.2 Å². The number of rotatable bonds is 8. The number of nitrogens with zero attached hydrogens (tertiary/aromatic N) is 6. The lowest BCUT2D eigenvalue weighted by molar-refractivity contribution is -0.125. The molecule has 1 aromatic heterocycles. The minimum Gasteiger partial charge on any atom is -0.356 e. The van der Waals surface area contributed by atoms with E-state index in [9.17, 15) is 9.59 Å². The molecule has 3 aliphatic heterocycles. The Hall–Kier alpha value is -1.78. The van der Waals surface area contributed by atoms with Gasteiger partial charge in [-0.2, -0.15) is 0 Å². The summed E-state index contributed by atoms with van der Waals surface area (Å²) in [7, 11) is 0. The Bertz CT molecular complexity index is 851. The zero-order valence-corrected chi connectivity index (χ0v) is 21.8. The summed E-state index contributed by atoms with van der Waals surface area (Å²) in [5.74, 6) is 0.287. The van der Waals surface area contributed by atoms with E-state index in [1.807, 2.05) is 0 Å². The Morgan fingerprint density at radius 1 is 0.914 bits per heavy atom. The van der Waals surface area contributed by atoms with Crippen LogP contribution in [0.1, 0.15) is 64.2 Å². The minimum absolute atomic E-state index is 0.0106. The van der Waals surface area contributed by atoms with Crippen LogP contribution >= 0.6 is 11.3 Å². The molecule has 4 heterocycles. The molecule has 1 aromatic rings. The third-order valence-electron chi connectivity index (χ3n) is 8.22. The largest absolute Gasteiger partial charge is 0.356 e. The van der Waals surface area contributed by atoms with Gasteiger partial charge in [0.2, 0.25) is 22.1 Å². The van der Waals surface area contributed by atoms with Crippen LogP contribution in [0.4, 0.5) is 10.3 Å². The molecule has 0 aromatic carbocycles. The van der Waals surface area contributed by atoms with E-state index in [-0.39, 0.29) is 17.7 Å². The normalized spacial score (nSPS) is 25.4. The molecular formula is C25H41N7O2S. The van der Waals surface area contributed by atoms with Crippen LogP contribution < -0.4 is 15.1 Å². The van der Waals surface area contributed by atoms with Crippen LogP contribution in [0.5, 0.6) is 0 Å². The van der Waals surface area contributed by atoms with Gasteiger partial charge in [-0.3, -0.25) is 19.4 Å². The van der Waals surface area contributed by atoms with E-state index < -0.39 is 0 Å². The SMILES string of the molecule is O=C(NCCCN1CCN(C2CCCCC2)CC1)[C@H]1CCCN(c2nnc(N3CCCC3=O)s2)C1. The fourth-order valence-electron chi connectivity index (χ4n) is 6.12. The summed E-state index contributed by atoms with van der Waals surface area (Å²) < 4.78 is 0. The number of hydrogen-bond donors (Lipinski definition) is 1. The third kappa shape index (κ3) is 6.32. The number of amides is 2. The number of nitrogens with one attached hydrogen (secondary N) is 1. The maximum atomic E-state index is 12.9. The van der Waals surface area contributed by atoms with Crippen molar-refractivity contribution in [3.63, 3.8) is 0 Å². The van der Waals surface area contributed by atoms with Crippen LogP contribution in [0.25, 0.3) is 0 Å². The Kier molecular flexibility index (Phi) is 8.51. The smallest absolute Gasteiger partial charge is 0.228 e. The summed E-state index contributed by atoms with van der Waals surface area (Å²) in [6.45, 7) is 8.84. The van der Waals surface area contributed by atoms with Gasteiger partial charge in [0.05, 0.1) is 5.92 Å². The highest BCUT2D eigenvalue weighted by atomic mass is 32.1. The Morgan fingerprint density at radius 3 is 2.49 bits per heavy atom. The summed E-state index contributed by atoms with van der Waals surface area (Å²) in [5, 5.41) is 13.3. The number of anilines is 2. The van der Waals surface area contributed by atoms with Crippen molar-refractivity contribution in [1.29, 1.82) is 0 Å².